The van der Waals surface area contributed by atoms with Crippen LogP contribution in [0.3, 0.4) is 0 Å². The maximum atomic E-state index is 11.9. The van der Waals surface area contributed by atoms with Gasteiger partial charge in [-0.2, -0.15) is 0 Å². The van der Waals surface area contributed by atoms with E-state index in [9.17, 15) is 9.59 Å². The Morgan fingerprint density at radius 2 is 1.86 bits per heavy atom. The van der Waals surface area contributed by atoms with E-state index in [0.717, 1.165) is 5.56 Å². The van der Waals surface area contributed by atoms with Gasteiger partial charge in [-0.25, -0.2) is 0 Å². The summed E-state index contributed by atoms with van der Waals surface area (Å²) in [7, 11) is 0. The molecule has 0 atom stereocenters. The first kappa shape index (κ1) is 15.4. The Bertz CT molecular complexity index is 525. The standard InChI is InChI=1S/C15H19N3O2S/c16-14(20)12-6-8-18(9-7-12)15(21)17-13(19)10-11-4-2-1-3-5-11/h1-5,12H,6-10H2,(H2,16,20)(H,17,19,21). The molecule has 0 saturated carbocycles. The van der Waals surface area contributed by atoms with E-state index in [4.69, 9.17) is 18.0 Å². The molecule has 112 valence electrons. The van der Waals surface area contributed by atoms with Crippen molar-refractivity contribution >= 4 is 29.1 Å². The van der Waals surface area contributed by atoms with E-state index in [-0.39, 0.29) is 17.7 Å². The van der Waals surface area contributed by atoms with E-state index >= 15 is 0 Å². The topological polar surface area (TPSA) is 75.4 Å². The van der Waals surface area contributed by atoms with Crippen molar-refractivity contribution in [1.29, 1.82) is 0 Å². The molecule has 0 bridgehead atoms. The maximum Gasteiger partial charge on any atom is 0.230 e. The smallest absolute Gasteiger partial charge is 0.230 e. The number of nitrogens with zero attached hydrogens (tertiary/aromatic N) is 1. The zero-order valence-corrected chi connectivity index (χ0v) is 12.6. The molecule has 1 saturated heterocycles. The van der Waals surface area contributed by atoms with Crippen molar-refractivity contribution in [2.75, 3.05) is 13.1 Å². The highest BCUT2D eigenvalue weighted by molar-refractivity contribution is 7.80. The summed E-state index contributed by atoms with van der Waals surface area (Å²) in [5.74, 6) is -0.457. The summed E-state index contributed by atoms with van der Waals surface area (Å²) < 4.78 is 0. The first-order valence-corrected chi connectivity index (χ1v) is 7.39. The van der Waals surface area contributed by atoms with Crippen LogP contribution < -0.4 is 11.1 Å². The number of hydrogen-bond acceptors (Lipinski definition) is 3. The molecule has 6 heteroatoms. The van der Waals surface area contributed by atoms with Crippen LogP contribution in [0.1, 0.15) is 18.4 Å². The van der Waals surface area contributed by atoms with Crippen molar-refractivity contribution < 1.29 is 9.59 Å². The van der Waals surface area contributed by atoms with Crippen molar-refractivity contribution in [3.63, 3.8) is 0 Å². The summed E-state index contributed by atoms with van der Waals surface area (Å²) in [6.07, 6.45) is 1.67. The fourth-order valence-corrected chi connectivity index (χ4v) is 2.69. The average Bonchev–Trinajstić information content (AvgIpc) is 2.48. The SMILES string of the molecule is NC(=O)C1CCN(C(=S)NC(=O)Cc2ccccc2)CC1. The van der Waals surface area contributed by atoms with E-state index in [1.54, 1.807) is 0 Å². The van der Waals surface area contributed by atoms with Crippen molar-refractivity contribution in [2.24, 2.45) is 11.7 Å². The summed E-state index contributed by atoms with van der Waals surface area (Å²) in [4.78, 5) is 25.0. The number of hydrogen-bond donors (Lipinski definition) is 2. The molecule has 5 nitrogen and oxygen atoms in total. The van der Waals surface area contributed by atoms with Gasteiger partial charge in [-0.15, -0.1) is 0 Å². The first-order valence-electron chi connectivity index (χ1n) is 6.98. The van der Waals surface area contributed by atoms with Crippen LogP contribution in [0, 0.1) is 5.92 Å². The maximum absolute atomic E-state index is 11.9. The Balaban J connectivity index is 1.79. The fraction of sp³-hybridized carbons (Fsp3) is 0.400. The van der Waals surface area contributed by atoms with Gasteiger partial charge in [-0.1, -0.05) is 30.3 Å². The van der Waals surface area contributed by atoms with Gasteiger partial charge < -0.3 is 16.0 Å². The minimum atomic E-state index is -0.256. The number of likely N-dealkylation sites (tertiary alicyclic amines) is 1. The van der Waals surface area contributed by atoms with Crippen LogP contribution in [0.15, 0.2) is 30.3 Å². The van der Waals surface area contributed by atoms with E-state index in [0.29, 0.717) is 37.5 Å². The number of piperidine rings is 1. The van der Waals surface area contributed by atoms with Crippen LogP contribution in [0.2, 0.25) is 0 Å². The Morgan fingerprint density at radius 3 is 2.43 bits per heavy atom. The number of nitrogens with two attached hydrogens (primary N) is 1. The molecule has 0 radical (unpaired) electrons. The average molecular weight is 305 g/mol. The van der Waals surface area contributed by atoms with E-state index in [2.05, 4.69) is 5.32 Å². The zero-order valence-electron chi connectivity index (χ0n) is 11.7. The number of nitrogens with one attached hydrogen (secondary N) is 1. The Morgan fingerprint density at radius 1 is 1.24 bits per heavy atom. The van der Waals surface area contributed by atoms with Crippen LogP contribution in [0.25, 0.3) is 0 Å². The first-order chi connectivity index (χ1) is 10.1. The third-order valence-corrected chi connectivity index (χ3v) is 4.00. The largest absolute Gasteiger partial charge is 0.369 e. The molecule has 1 aliphatic heterocycles. The second-order valence-corrected chi connectivity index (χ2v) is 5.57. The van der Waals surface area contributed by atoms with Crippen molar-refractivity contribution in [2.45, 2.75) is 19.3 Å². The molecule has 1 aromatic rings. The molecule has 1 heterocycles. The third kappa shape index (κ3) is 4.53. The summed E-state index contributed by atoms with van der Waals surface area (Å²) in [6, 6.07) is 9.52. The highest BCUT2D eigenvalue weighted by atomic mass is 32.1. The molecule has 2 amide bonds. The predicted molar refractivity (Wildman–Crippen MR) is 84.4 cm³/mol. The van der Waals surface area contributed by atoms with Gasteiger partial charge >= 0.3 is 0 Å². The molecule has 0 unspecified atom stereocenters. The Kier molecular flexibility index (Phi) is 5.27. The molecule has 1 aliphatic rings. The lowest BCUT2D eigenvalue weighted by Crippen LogP contribution is -2.48. The van der Waals surface area contributed by atoms with Crippen LogP contribution in [-0.2, 0) is 16.0 Å². The number of rotatable bonds is 3. The summed E-state index contributed by atoms with van der Waals surface area (Å²) in [5, 5.41) is 3.17. The van der Waals surface area contributed by atoms with Gasteiger partial charge in [0.15, 0.2) is 5.11 Å². The Labute approximate surface area is 129 Å². The quantitative estimate of drug-likeness (QED) is 0.811. The fourth-order valence-electron chi connectivity index (χ4n) is 2.39. The molecule has 21 heavy (non-hydrogen) atoms. The second kappa shape index (κ2) is 7.17. The minimum Gasteiger partial charge on any atom is -0.369 e. The minimum absolute atomic E-state index is 0.0796. The number of thiocarbonyl (C=S) groups is 1. The molecule has 2 rings (SSSR count). The number of carbonyl (C=O) groups is 2. The summed E-state index contributed by atoms with van der Waals surface area (Å²) >= 11 is 5.25. The Hall–Kier alpha value is -1.95. The van der Waals surface area contributed by atoms with Crippen molar-refractivity contribution in [1.82, 2.24) is 10.2 Å². The zero-order chi connectivity index (χ0) is 15.2. The highest BCUT2D eigenvalue weighted by Crippen LogP contribution is 2.16. The van der Waals surface area contributed by atoms with Gasteiger partial charge in [0.25, 0.3) is 0 Å². The van der Waals surface area contributed by atoms with Gasteiger partial charge in [0.1, 0.15) is 0 Å². The van der Waals surface area contributed by atoms with Gasteiger partial charge in [0, 0.05) is 19.0 Å². The summed E-state index contributed by atoms with van der Waals surface area (Å²) in [6.45, 7) is 1.30. The number of benzene rings is 1. The summed E-state index contributed by atoms with van der Waals surface area (Å²) in [5.41, 5.74) is 6.24. The van der Waals surface area contributed by atoms with Crippen LogP contribution in [-0.4, -0.2) is 34.9 Å². The van der Waals surface area contributed by atoms with Crippen LogP contribution in [0.5, 0.6) is 0 Å². The third-order valence-electron chi connectivity index (χ3n) is 3.64. The van der Waals surface area contributed by atoms with Gasteiger partial charge in [-0.3, -0.25) is 9.59 Å². The van der Waals surface area contributed by atoms with E-state index in [1.807, 2.05) is 35.2 Å². The predicted octanol–water partition coefficient (Wildman–Crippen LogP) is 0.828. The molecule has 0 spiro atoms. The number of primary amides is 1. The lowest BCUT2D eigenvalue weighted by atomic mass is 9.97. The van der Waals surface area contributed by atoms with Gasteiger partial charge in [0.2, 0.25) is 11.8 Å². The lowest BCUT2D eigenvalue weighted by molar-refractivity contribution is -0.123. The van der Waals surface area contributed by atoms with Gasteiger partial charge in [0.05, 0.1) is 6.42 Å². The molecule has 0 aromatic heterocycles. The molecule has 1 aromatic carbocycles. The molecule has 3 N–H and O–H groups in total. The van der Waals surface area contributed by atoms with Crippen molar-refractivity contribution in [3.05, 3.63) is 35.9 Å². The monoisotopic (exact) mass is 305 g/mol. The highest BCUT2D eigenvalue weighted by Gasteiger charge is 2.24. The number of carbonyl (C=O) groups excluding carboxylic acids is 2. The van der Waals surface area contributed by atoms with E-state index < -0.39 is 0 Å². The van der Waals surface area contributed by atoms with Gasteiger partial charge in [-0.05, 0) is 30.6 Å². The number of amides is 2. The molecule has 0 aliphatic carbocycles. The molecule has 1 fully saturated rings. The van der Waals surface area contributed by atoms with Crippen LogP contribution >= 0.6 is 12.2 Å². The molecular formula is C15H19N3O2S. The lowest BCUT2D eigenvalue weighted by Gasteiger charge is -2.32. The van der Waals surface area contributed by atoms with E-state index in [1.165, 1.54) is 0 Å². The molecular weight excluding hydrogens is 286 g/mol. The second-order valence-electron chi connectivity index (χ2n) is 5.18. The van der Waals surface area contributed by atoms with Crippen molar-refractivity contribution in [3.8, 4) is 0 Å². The van der Waals surface area contributed by atoms with Crippen LogP contribution in [0.4, 0.5) is 0 Å². The normalized spacial score (nSPS) is 15.5.